The molecule has 2 rings (SSSR count). The van der Waals surface area contributed by atoms with Crippen molar-refractivity contribution in [3.8, 4) is 0 Å². The predicted molar refractivity (Wildman–Crippen MR) is 57.0 cm³/mol. The summed E-state index contributed by atoms with van der Waals surface area (Å²) in [5, 5.41) is 11.5. The van der Waals surface area contributed by atoms with Crippen LogP contribution in [0, 0.1) is 0 Å². The molecule has 0 radical (unpaired) electrons. The molecule has 19 heavy (non-hydrogen) atoms. The molecule has 1 aromatic heterocycles. The molecule has 1 amide bonds. The highest BCUT2D eigenvalue weighted by atomic mass is 32.2. The zero-order valence-electron chi connectivity index (χ0n) is 9.55. The van der Waals surface area contributed by atoms with Crippen molar-refractivity contribution < 1.29 is 22.8 Å². The molecule has 0 saturated heterocycles. The van der Waals surface area contributed by atoms with E-state index in [1.54, 1.807) is 10.2 Å². The highest BCUT2D eigenvalue weighted by Gasteiger charge is 2.29. The third-order valence-corrected chi connectivity index (χ3v) is 3.04. The largest absolute Gasteiger partial charge is 0.414 e. The molecule has 0 aliphatic heterocycles. The molecule has 0 spiro atoms. The molecule has 0 aromatic carbocycles. The minimum atomic E-state index is -4.48. The van der Waals surface area contributed by atoms with Gasteiger partial charge in [-0.2, -0.15) is 13.2 Å². The van der Waals surface area contributed by atoms with E-state index in [4.69, 9.17) is 0 Å². The Morgan fingerprint density at radius 2 is 2.26 bits per heavy atom. The molecule has 1 N–H and O–H groups in total. The molecule has 1 aliphatic rings. The van der Waals surface area contributed by atoms with Crippen molar-refractivity contribution in [3.05, 3.63) is 0 Å². The van der Waals surface area contributed by atoms with Crippen LogP contribution < -0.4 is 5.48 Å². The van der Waals surface area contributed by atoms with Crippen LogP contribution in [0.2, 0.25) is 0 Å². The van der Waals surface area contributed by atoms with Gasteiger partial charge in [0.1, 0.15) is 0 Å². The third kappa shape index (κ3) is 4.67. The quantitative estimate of drug-likeness (QED) is 0.615. The van der Waals surface area contributed by atoms with Gasteiger partial charge in [0.2, 0.25) is 5.16 Å². The number of alkyl halides is 3. The molecule has 11 heteroatoms. The van der Waals surface area contributed by atoms with Crippen LogP contribution in [-0.2, 0) is 9.63 Å². The number of amides is 1. The summed E-state index contributed by atoms with van der Waals surface area (Å²) in [6.07, 6.45) is -2.50. The van der Waals surface area contributed by atoms with Crippen molar-refractivity contribution in [2.45, 2.75) is 30.2 Å². The van der Waals surface area contributed by atoms with Gasteiger partial charge >= 0.3 is 6.18 Å². The molecule has 0 unspecified atom stereocenters. The highest BCUT2D eigenvalue weighted by molar-refractivity contribution is 7.99. The van der Waals surface area contributed by atoms with E-state index in [0.717, 1.165) is 24.6 Å². The van der Waals surface area contributed by atoms with Crippen molar-refractivity contribution in [2.24, 2.45) is 0 Å². The Morgan fingerprint density at radius 3 is 2.89 bits per heavy atom. The number of hydroxylamine groups is 1. The van der Waals surface area contributed by atoms with Crippen molar-refractivity contribution in [1.82, 2.24) is 25.7 Å². The topological polar surface area (TPSA) is 81.9 Å². The Kier molecular flexibility index (Phi) is 4.24. The zero-order chi connectivity index (χ0) is 13.9. The number of nitrogens with zero attached hydrogens (tertiary/aromatic N) is 4. The lowest BCUT2D eigenvalue weighted by Gasteiger charge is -2.07. The molecule has 1 heterocycles. The van der Waals surface area contributed by atoms with Crippen LogP contribution >= 0.6 is 11.8 Å². The average Bonchev–Trinajstić information content (AvgIpc) is 3.04. The number of rotatable bonds is 6. The number of carbonyl (C=O) groups is 1. The van der Waals surface area contributed by atoms with Gasteiger partial charge in [-0.1, -0.05) is 11.8 Å². The Morgan fingerprint density at radius 1 is 1.53 bits per heavy atom. The van der Waals surface area contributed by atoms with E-state index >= 15 is 0 Å². The monoisotopic (exact) mass is 297 g/mol. The first-order chi connectivity index (χ1) is 8.96. The van der Waals surface area contributed by atoms with E-state index in [-0.39, 0.29) is 11.8 Å². The zero-order valence-corrected chi connectivity index (χ0v) is 10.4. The van der Waals surface area contributed by atoms with Gasteiger partial charge in [0, 0.05) is 0 Å². The normalized spacial score (nSPS) is 15.5. The lowest BCUT2D eigenvalue weighted by Crippen LogP contribution is -2.30. The number of hydrogen-bond acceptors (Lipinski definition) is 6. The van der Waals surface area contributed by atoms with Crippen LogP contribution in [0.25, 0.3) is 0 Å². The second-order valence-electron chi connectivity index (χ2n) is 3.85. The third-order valence-electron chi connectivity index (χ3n) is 2.11. The number of aromatic nitrogens is 4. The standard InChI is InChI=1S/C8H10F3N5O2S/c9-8(10,11)4-18-13-6(17)3-19-7-12-14-15-16(7)5-1-2-5/h5H,1-4H2,(H,13,17). The number of carbonyl (C=O) groups excluding carboxylic acids is 1. The smallest absolute Gasteiger partial charge is 0.272 e. The fraction of sp³-hybridized carbons (Fsp3) is 0.750. The van der Waals surface area contributed by atoms with E-state index in [9.17, 15) is 18.0 Å². The number of halogens is 3. The second-order valence-corrected chi connectivity index (χ2v) is 4.80. The number of nitrogens with one attached hydrogen (secondary N) is 1. The van der Waals surface area contributed by atoms with E-state index < -0.39 is 18.7 Å². The maximum absolute atomic E-state index is 11.8. The molecule has 1 aromatic rings. The fourth-order valence-corrected chi connectivity index (χ4v) is 1.92. The lowest BCUT2D eigenvalue weighted by molar-refractivity contribution is -0.191. The van der Waals surface area contributed by atoms with Gasteiger partial charge in [0.25, 0.3) is 5.91 Å². The van der Waals surface area contributed by atoms with Crippen molar-refractivity contribution in [2.75, 3.05) is 12.4 Å². The summed E-state index contributed by atoms with van der Waals surface area (Å²) in [6.45, 7) is -1.52. The van der Waals surface area contributed by atoms with Crippen LogP contribution in [-0.4, -0.2) is 44.7 Å². The molecule has 1 fully saturated rings. The van der Waals surface area contributed by atoms with E-state index in [2.05, 4.69) is 20.4 Å². The second kappa shape index (κ2) is 5.74. The summed E-state index contributed by atoms with van der Waals surface area (Å²) in [5.41, 5.74) is 1.71. The summed E-state index contributed by atoms with van der Waals surface area (Å²) in [6, 6.07) is 0.266. The summed E-state index contributed by atoms with van der Waals surface area (Å²) in [7, 11) is 0. The van der Waals surface area contributed by atoms with Gasteiger partial charge in [-0.25, -0.2) is 10.2 Å². The van der Waals surface area contributed by atoms with Gasteiger partial charge in [0.15, 0.2) is 6.61 Å². The van der Waals surface area contributed by atoms with Crippen LogP contribution in [0.1, 0.15) is 18.9 Å². The summed E-state index contributed by atoms with van der Waals surface area (Å²) < 4.78 is 36.9. The highest BCUT2D eigenvalue weighted by Crippen LogP contribution is 2.36. The minimum Gasteiger partial charge on any atom is -0.272 e. The van der Waals surface area contributed by atoms with Crippen LogP contribution in [0.3, 0.4) is 0 Å². The molecular formula is C8H10F3N5O2S. The van der Waals surface area contributed by atoms with Crippen LogP contribution in [0.5, 0.6) is 0 Å². The first kappa shape index (κ1) is 14.1. The Hall–Kier alpha value is -1.36. The molecule has 1 saturated carbocycles. The maximum atomic E-state index is 11.8. The molecule has 1 aliphatic carbocycles. The van der Waals surface area contributed by atoms with Crippen LogP contribution in [0.15, 0.2) is 5.16 Å². The average molecular weight is 297 g/mol. The van der Waals surface area contributed by atoms with Crippen molar-refractivity contribution in [1.29, 1.82) is 0 Å². The van der Waals surface area contributed by atoms with Gasteiger partial charge in [-0.15, -0.1) is 5.10 Å². The number of thioether (sulfide) groups is 1. The summed E-state index contributed by atoms with van der Waals surface area (Å²) in [4.78, 5) is 15.2. The number of hydrogen-bond donors (Lipinski definition) is 1. The van der Waals surface area contributed by atoms with Crippen molar-refractivity contribution >= 4 is 17.7 Å². The molecular weight excluding hydrogens is 287 g/mol. The van der Waals surface area contributed by atoms with E-state index in [1.165, 1.54) is 0 Å². The van der Waals surface area contributed by atoms with E-state index in [0.29, 0.717) is 5.16 Å². The van der Waals surface area contributed by atoms with Crippen LogP contribution in [0.4, 0.5) is 13.2 Å². The van der Waals surface area contributed by atoms with Gasteiger partial charge in [0.05, 0.1) is 11.8 Å². The summed E-state index contributed by atoms with van der Waals surface area (Å²) >= 11 is 1.04. The fourth-order valence-electron chi connectivity index (χ4n) is 1.19. The molecule has 0 atom stereocenters. The first-order valence-electron chi connectivity index (χ1n) is 5.34. The summed E-state index contributed by atoms with van der Waals surface area (Å²) in [5.74, 6) is -0.801. The lowest BCUT2D eigenvalue weighted by atomic mass is 10.7. The Balaban J connectivity index is 1.70. The molecule has 7 nitrogen and oxygen atoms in total. The predicted octanol–water partition coefficient (Wildman–Crippen LogP) is 0.710. The van der Waals surface area contributed by atoms with Gasteiger partial charge in [-0.3, -0.25) is 9.63 Å². The maximum Gasteiger partial charge on any atom is 0.414 e. The molecule has 106 valence electrons. The first-order valence-corrected chi connectivity index (χ1v) is 6.32. The SMILES string of the molecule is O=C(CSc1nnnn1C1CC1)NOCC(F)(F)F. The Bertz CT molecular complexity index is 448. The van der Waals surface area contributed by atoms with Crippen molar-refractivity contribution in [3.63, 3.8) is 0 Å². The molecule has 0 bridgehead atoms. The Labute approximate surface area is 109 Å². The van der Waals surface area contributed by atoms with Gasteiger partial charge in [-0.05, 0) is 23.3 Å². The van der Waals surface area contributed by atoms with E-state index in [1.807, 2.05) is 0 Å². The van der Waals surface area contributed by atoms with Gasteiger partial charge < -0.3 is 0 Å². The minimum absolute atomic E-state index is 0.120. The number of tetrazole rings is 1.